The highest BCUT2D eigenvalue weighted by Crippen LogP contribution is 2.21. The maximum absolute atomic E-state index is 5.28. The van der Waals surface area contributed by atoms with Gasteiger partial charge in [-0.3, -0.25) is 4.90 Å². The molecule has 4 nitrogen and oxygen atoms in total. The number of methoxy groups -OCH3 is 1. The zero-order valence-electron chi connectivity index (χ0n) is 13.5. The van der Waals surface area contributed by atoms with Gasteiger partial charge in [-0.1, -0.05) is 20.8 Å². The van der Waals surface area contributed by atoms with Crippen molar-refractivity contribution >= 4 is 11.3 Å². The number of aromatic nitrogens is 1. The summed E-state index contributed by atoms with van der Waals surface area (Å²) < 4.78 is 5.28. The van der Waals surface area contributed by atoms with Crippen LogP contribution in [0.3, 0.4) is 0 Å². The number of rotatable bonds is 10. The van der Waals surface area contributed by atoms with E-state index in [0.29, 0.717) is 12.6 Å². The summed E-state index contributed by atoms with van der Waals surface area (Å²) in [6.07, 6.45) is 1.14. The van der Waals surface area contributed by atoms with Crippen molar-refractivity contribution in [2.24, 2.45) is 0 Å². The molecule has 1 unspecified atom stereocenters. The Hall–Kier alpha value is -0.490. The second-order valence-electron chi connectivity index (χ2n) is 5.06. The van der Waals surface area contributed by atoms with Gasteiger partial charge in [-0.25, -0.2) is 4.98 Å². The molecule has 0 aliphatic carbocycles. The molecule has 0 amide bonds. The van der Waals surface area contributed by atoms with Gasteiger partial charge in [0, 0.05) is 24.6 Å². The molecule has 0 bridgehead atoms. The van der Waals surface area contributed by atoms with E-state index in [4.69, 9.17) is 9.72 Å². The van der Waals surface area contributed by atoms with E-state index in [-0.39, 0.29) is 0 Å². The van der Waals surface area contributed by atoms with Gasteiger partial charge >= 0.3 is 0 Å². The molecule has 0 saturated heterocycles. The highest BCUT2D eigenvalue weighted by molar-refractivity contribution is 7.11. The van der Waals surface area contributed by atoms with Gasteiger partial charge in [0.15, 0.2) is 0 Å². The van der Waals surface area contributed by atoms with Crippen LogP contribution in [0.15, 0.2) is 0 Å². The van der Waals surface area contributed by atoms with E-state index in [1.54, 1.807) is 7.11 Å². The molecule has 116 valence electrons. The molecule has 5 heteroatoms. The molecule has 1 aromatic heterocycles. The first kappa shape index (κ1) is 17.6. The zero-order chi connectivity index (χ0) is 15.0. The number of nitrogens with zero attached hydrogens (tertiary/aromatic N) is 2. The van der Waals surface area contributed by atoms with Gasteiger partial charge in [0.1, 0.15) is 5.01 Å². The molecule has 0 spiro atoms. The van der Waals surface area contributed by atoms with Crippen LogP contribution in [-0.4, -0.2) is 36.1 Å². The number of nitrogens with one attached hydrogen (secondary N) is 1. The van der Waals surface area contributed by atoms with Crippen molar-refractivity contribution in [3.63, 3.8) is 0 Å². The van der Waals surface area contributed by atoms with Crippen LogP contribution < -0.4 is 5.32 Å². The average molecular weight is 299 g/mol. The van der Waals surface area contributed by atoms with Crippen molar-refractivity contribution in [3.8, 4) is 0 Å². The summed E-state index contributed by atoms with van der Waals surface area (Å²) in [4.78, 5) is 8.46. The minimum absolute atomic E-state index is 0.540. The molecule has 0 radical (unpaired) electrons. The van der Waals surface area contributed by atoms with Crippen LogP contribution in [0.4, 0.5) is 0 Å². The first-order chi connectivity index (χ1) is 9.64. The van der Waals surface area contributed by atoms with Crippen molar-refractivity contribution in [1.82, 2.24) is 15.2 Å². The van der Waals surface area contributed by atoms with Gasteiger partial charge < -0.3 is 10.1 Å². The van der Waals surface area contributed by atoms with Gasteiger partial charge in [0.05, 0.1) is 18.8 Å². The summed E-state index contributed by atoms with van der Waals surface area (Å²) in [6.45, 7) is 13.4. The first-order valence-corrected chi connectivity index (χ1v) is 8.38. The smallest absolute Gasteiger partial charge is 0.107 e. The second kappa shape index (κ2) is 9.45. The third-order valence-electron chi connectivity index (χ3n) is 3.58. The quantitative estimate of drug-likeness (QED) is 0.720. The molecule has 20 heavy (non-hydrogen) atoms. The molecular formula is C15H29N3OS. The van der Waals surface area contributed by atoms with Crippen molar-refractivity contribution in [1.29, 1.82) is 0 Å². The molecule has 0 aliphatic heterocycles. The predicted molar refractivity (Wildman–Crippen MR) is 86.0 cm³/mol. The molecule has 1 aromatic rings. The third-order valence-corrected chi connectivity index (χ3v) is 4.66. The van der Waals surface area contributed by atoms with Crippen LogP contribution >= 0.6 is 11.3 Å². The normalized spacial score (nSPS) is 13.1. The fourth-order valence-electron chi connectivity index (χ4n) is 1.94. The van der Waals surface area contributed by atoms with Crippen LogP contribution in [0.2, 0.25) is 0 Å². The van der Waals surface area contributed by atoms with Crippen LogP contribution in [0.1, 0.15) is 49.7 Å². The molecule has 1 atom stereocenters. The lowest BCUT2D eigenvalue weighted by Gasteiger charge is -2.15. The number of thiazole rings is 1. The molecule has 1 N–H and O–H groups in total. The summed E-state index contributed by atoms with van der Waals surface area (Å²) in [7, 11) is 1.73. The Morgan fingerprint density at radius 3 is 2.55 bits per heavy atom. The summed E-state index contributed by atoms with van der Waals surface area (Å²) in [5.74, 6) is 0. The molecule has 0 aliphatic rings. The average Bonchev–Trinajstić information content (AvgIpc) is 2.84. The SMILES string of the molecule is CCC(C)NCc1sc(CN(CC)CC)nc1COC. The van der Waals surface area contributed by atoms with E-state index in [0.717, 1.165) is 38.3 Å². The lowest BCUT2D eigenvalue weighted by atomic mass is 10.2. The van der Waals surface area contributed by atoms with Crippen LogP contribution in [-0.2, 0) is 24.4 Å². The highest BCUT2D eigenvalue weighted by atomic mass is 32.1. The van der Waals surface area contributed by atoms with E-state index < -0.39 is 0 Å². The molecule has 0 saturated carbocycles. The lowest BCUT2D eigenvalue weighted by molar-refractivity contribution is 0.180. The largest absolute Gasteiger partial charge is 0.378 e. The summed E-state index contributed by atoms with van der Waals surface area (Å²) >= 11 is 1.82. The minimum atomic E-state index is 0.540. The van der Waals surface area contributed by atoms with E-state index >= 15 is 0 Å². The maximum atomic E-state index is 5.28. The third kappa shape index (κ3) is 5.48. The van der Waals surface area contributed by atoms with Crippen molar-refractivity contribution in [3.05, 3.63) is 15.6 Å². The molecule has 0 aromatic carbocycles. The standard InChI is InChI=1S/C15H29N3OS/c1-6-12(4)16-9-14-13(11-19-5)17-15(20-14)10-18(7-2)8-3/h12,16H,6-11H2,1-5H3. The van der Waals surface area contributed by atoms with Gasteiger partial charge in [0.2, 0.25) is 0 Å². The number of ether oxygens (including phenoxy) is 1. The second-order valence-corrected chi connectivity index (χ2v) is 6.23. The van der Waals surface area contributed by atoms with Crippen molar-refractivity contribution in [2.75, 3.05) is 20.2 Å². The van der Waals surface area contributed by atoms with Crippen LogP contribution in [0.5, 0.6) is 0 Å². The Morgan fingerprint density at radius 2 is 2.00 bits per heavy atom. The Balaban J connectivity index is 2.73. The van der Waals surface area contributed by atoms with E-state index in [1.165, 1.54) is 9.88 Å². The first-order valence-electron chi connectivity index (χ1n) is 7.56. The Morgan fingerprint density at radius 1 is 1.30 bits per heavy atom. The monoisotopic (exact) mass is 299 g/mol. The number of hydrogen-bond acceptors (Lipinski definition) is 5. The fraction of sp³-hybridized carbons (Fsp3) is 0.800. The molecule has 1 heterocycles. The Labute approximate surface area is 127 Å². The fourth-order valence-corrected chi connectivity index (χ4v) is 3.01. The maximum Gasteiger partial charge on any atom is 0.107 e. The van der Waals surface area contributed by atoms with E-state index in [9.17, 15) is 0 Å². The van der Waals surface area contributed by atoms with Crippen LogP contribution in [0.25, 0.3) is 0 Å². The van der Waals surface area contributed by atoms with E-state index in [2.05, 4.69) is 37.9 Å². The lowest BCUT2D eigenvalue weighted by Crippen LogP contribution is -2.24. The molecule has 0 fully saturated rings. The van der Waals surface area contributed by atoms with Crippen LogP contribution in [0, 0.1) is 0 Å². The Bertz CT molecular complexity index is 377. The van der Waals surface area contributed by atoms with Gasteiger partial charge in [-0.2, -0.15) is 0 Å². The van der Waals surface area contributed by atoms with Crippen molar-refractivity contribution in [2.45, 2.75) is 59.9 Å². The molecular weight excluding hydrogens is 270 g/mol. The predicted octanol–water partition coefficient (Wildman–Crippen LogP) is 3.02. The molecule has 1 rings (SSSR count). The number of hydrogen-bond donors (Lipinski definition) is 1. The highest BCUT2D eigenvalue weighted by Gasteiger charge is 2.13. The summed E-state index contributed by atoms with van der Waals surface area (Å²) in [5.41, 5.74) is 1.09. The minimum Gasteiger partial charge on any atom is -0.378 e. The van der Waals surface area contributed by atoms with Crippen molar-refractivity contribution < 1.29 is 4.74 Å². The summed E-state index contributed by atoms with van der Waals surface area (Å²) in [6, 6.07) is 0.540. The summed E-state index contributed by atoms with van der Waals surface area (Å²) in [5, 5.41) is 4.74. The van der Waals surface area contributed by atoms with Gasteiger partial charge in [-0.05, 0) is 26.4 Å². The van der Waals surface area contributed by atoms with E-state index in [1.807, 2.05) is 11.3 Å². The Kier molecular flexibility index (Phi) is 8.30. The van der Waals surface area contributed by atoms with Gasteiger partial charge in [0.25, 0.3) is 0 Å². The zero-order valence-corrected chi connectivity index (χ0v) is 14.3. The topological polar surface area (TPSA) is 37.4 Å². The van der Waals surface area contributed by atoms with Gasteiger partial charge in [-0.15, -0.1) is 11.3 Å².